The molecule has 1 amide bonds. The first-order chi connectivity index (χ1) is 11.9. The van der Waals surface area contributed by atoms with Crippen LogP contribution in [0.4, 0.5) is 5.13 Å². The molecule has 1 unspecified atom stereocenters. The van der Waals surface area contributed by atoms with Crippen LogP contribution in [-0.4, -0.2) is 47.2 Å². The molecule has 1 aliphatic rings. The second kappa shape index (κ2) is 7.19. The van der Waals surface area contributed by atoms with Crippen molar-refractivity contribution in [2.45, 2.75) is 32.7 Å². The number of nitrogens with zero attached hydrogens (tertiary/aromatic N) is 3. The molecule has 0 aliphatic carbocycles. The number of carbonyl (C=O) groups is 1. The van der Waals surface area contributed by atoms with Crippen molar-refractivity contribution >= 4 is 32.4 Å². The highest BCUT2D eigenvalue weighted by molar-refractivity contribution is 7.89. The second-order valence-corrected chi connectivity index (χ2v) is 9.13. The SMILES string of the molecule is CCS(=O)(=O)N1CCCC1C(=O)Nc1nnc(-c2cccc(C)c2)s1. The molecule has 2 aromatic rings. The number of aryl methyl sites for hydroxylation is 1. The lowest BCUT2D eigenvalue weighted by Gasteiger charge is -2.21. The maximum atomic E-state index is 12.5. The van der Waals surface area contributed by atoms with Gasteiger partial charge in [0.1, 0.15) is 11.0 Å². The third-order valence-corrected chi connectivity index (χ3v) is 6.92. The van der Waals surface area contributed by atoms with Crippen LogP contribution in [0.1, 0.15) is 25.3 Å². The molecule has 1 aliphatic heterocycles. The summed E-state index contributed by atoms with van der Waals surface area (Å²) in [5.74, 6) is -0.353. The highest BCUT2D eigenvalue weighted by Gasteiger charge is 2.37. The Morgan fingerprint density at radius 2 is 2.20 bits per heavy atom. The summed E-state index contributed by atoms with van der Waals surface area (Å²) in [7, 11) is -3.39. The normalized spacial score (nSPS) is 18.4. The zero-order valence-electron chi connectivity index (χ0n) is 14.1. The molecule has 2 heterocycles. The summed E-state index contributed by atoms with van der Waals surface area (Å²) < 4.78 is 25.5. The molecule has 0 spiro atoms. The number of hydrogen-bond acceptors (Lipinski definition) is 6. The van der Waals surface area contributed by atoms with E-state index in [1.807, 2.05) is 31.2 Å². The van der Waals surface area contributed by atoms with Crippen molar-refractivity contribution in [1.29, 1.82) is 0 Å². The van der Waals surface area contributed by atoms with Gasteiger partial charge in [-0.15, -0.1) is 10.2 Å². The van der Waals surface area contributed by atoms with Gasteiger partial charge in [-0.3, -0.25) is 10.1 Å². The topological polar surface area (TPSA) is 92.3 Å². The van der Waals surface area contributed by atoms with Crippen molar-refractivity contribution in [2.24, 2.45) is 0 Å². The zero-order valence-corrected chi connectivity index (χ0v) is 15.7. The standard InChI is InChI=1S/C16H20N4O3S2/c1-3-25(22,23)20-9-5-8-13(20)14(21)17-16-19-18-15(24-16)12-7-4-6-11(2)10-12/h4,6-7,10,13H,3,5,8-9H2,1-2H3,(H,17,19,21). The van der Waals surface area contributed by atoms with E-state index in [1.165, 1.54) is 15.6 Å². The third kappa shape index (κ3) is 3.88. The molecule has 9 heteroatoms. The summed E-state index contributed by atoms with van der Waals surface area (Å²) in [5.41, 5.74) is 2.05. The fourth-order valence-electron chi connectivity index (χ4n) is 2.86. The van der Waals surface area contributed by atoms with Crippen LogP contribution in [0, 0.1) is 6.92 Å². The Balaban J connectivity index is 1.74. The number of amides is 1. The van der Waals surface area contributed by atoms with E-state index >= 15 is 0 Å². The number of nitrogens with one attached hydrogen (secondary N) is 1. The molecule has 1 atom stereocenters. The molecule has 3 rings (SSSR count). The van der Waals surface area contributed by atoms with Crippen molar-refractivity contribution in [3.8, 4) is 10.6 Å². The summed E-state index contributed by atoms with van der Waals surface area (Å²) in [6, 6.07) is 7.20. The van der Waals surface area contributed by atoms with E-state index in [4.69, 9.17) is 0 Å². The van der Waals surface area contributed by atoms with Gasteiger partial charge in [-0.2, -0.15) is 4.31 Å². The van der Waals surface area contributed by atoms with Crippen molar-refractivity contribution < 1.29 is 13.2 Å². The molecule has 7 nitrogen and oxygen atoms in total. The molecule has 25 heavy (non-hydrogen) atoms. The lowest BCUT2D eigenvalue weighted by molar-refractivity contribution is -0.119. The number of hydrogen-bond donors (Lipinski definition) is 1. The number of aromatic nitrogens is 2. The van der Waals surface area contributed by atoms with Gasteiger partial charge in [0, 0.05) is 12.1 Å². The van der Waals surface area contributed by atoms with Gasteiger partial charge in [-0.25, -0.2) is 8.42 Å². The predicted octanol–water partition coefficient (Wildman–Crippen LogP) is 2.27. The van der Waals surface area contributed by atoms with Crippen molar-refractivity contribution in [3.05, 3.63) is 29.8 Å². The van der Waals surface area contributed by atoms with Gasteiger partial charge >= 0.3 is 0 Å². The van der Waals surface area contributed by atoms with Gasteiger partial charge in [0.15, 0.2) is 0 Å². The summed E-state index contributed by atoms with van der Waals surface area (Å²) in [5, 5.41) is 11.9. The average Bonchev–Trinajstić information content (AvgIpc) is 3.24. The molecular formula is C16H20N4O3S2. The van der Waals surface area contributed by atoms with E-state index in [2.05, 4.69) is 15.5 Å². The quantitative estimate of drug-likeness (QED) is 0.859. The van der Waals surface area contributed by atoms with Crippen LogP contribution in [0.15, 0.2) is 24.3 Å². The van der Waals surface area contributed by atoms with E-state index in [9.17, 15) is 13.2 Å². The fraction of sp³-hybridized carbons (Fsp3) is 0.438. The summed E-state index contributed by atoms with van der Waals surface area (Å²) >= 11 is 1.27. The van der Waals surface area contributed by atoms with Gasteiger partial charge in [-0.1, -0.05) is 35.1 Å². The maximum absolute atomic E-state index is 12.5. The molecule has 0 bridgehead atoms. The van der Waals surface area contributed by atoms with E-state index < -0.39 is 16.1 Å². The van der Waals surface area contributed by atoms with Gasteiger partial charge in [0.25, 0.3) is 0 Å². The third-order valence-electron chi connectivity index (χ3n) is 4.15. The first-order valence-corrected chi connectivity index (χ1v) is 10.5. The average molecular weight is 380 g/mol. The number of sulfonamides is 1. The second-order valence-electron chi connectivity index (χ2n) is 5.94. The molecule has 1 aromatic heterocycles. The van der Waals surface area contributed by atoms with E-state index in [-0.39, 0.29) is 11.7 Å². The Kier molecular flexibility index (Phi) is 5.16. The summed E-state index contributed by atoms with van der Waals surface area (Å²) in [4.78, 5) is 12.5. The molecular weight excluding hydrogens is 360 g/mol. The van der Waals surface area contributed by atoms with E-state index in [0.29, 0.717) is 29.5 Å². The Labute approximate surface area is 151 Å². The van der Waals surface area contributed by atoms with E-state index in [0.717, 1.165) is 11.1 Å². The Bertz CT molecular complexity index is 879. The van der Waals surface area contributed by atoms with Crippen LogP contribution in [0.25, 0.3) is 10.6 Å². The van der Waals surface area contributed by atoms with Gasteiger partial charge < -0.3 is 0 Å². The van der Waals surface area contributed by atoms with Gasteiger partial charge in [-0.05, 0) is 32.8 Å². The van der Waals surface area contributed by atoms with Crippen LogP contribution >= 0.6 is 11.3 Å². The smallest absolute Gasteiger partial charge is 0.244 e. The number of carbonyl (C=O) groups excluding carboxylic acids is 1. The fourth-order valence-corrected chi connectivity index (χ4v) is 4.93. The van der Waals surface area contributed by atoms with Crippen LogP contribution < -0.4 is 5.32 Å². The largest absolute Gasteiger partial charge is 0.299 e. The molecule has 0 saturated carbocycles. The minimum Gasteiger partial charge on any atom is -0.299 e. The summed E-state index contributed by atoms with van der Waals surface area (Å²) in [6.07, 6.45) is 1.20. The molecule has 1 saturated heterocycles. The minimum atomic E-state index is -3.39. The van der Waals surface area contributed by atoms with E-state index in [1.54, 1.807) is 6.92 Å². The monoisotopic (exact) mass is 380 g/mol. The first-order valence-electron chi connectivity index (χ1n) is 8.11. The molecule has 1 N–H and O–H groups in total. The van der Waals surface area contributed by atoms with Gasteiger partial charge in [0.05, 0.1) is 5.75 Å². The van der Waals surface area contributed by atoms with Crippen molar-refractivity contribution in [2.75, 3.05) is 17.6 Å². The number of benzene rings is 1. The highest BCUT2D eigenvalue weighted by atomic mass is 32.2. The molecule has 0 radical (unpaired) electrons. The first kappa shape index (κ1) is 18.0. The Morgan fingerprint density at radius 3 is 2.92 bits per heavy atom. The molecule has 1 aromatic carbocycles. The number of anilines is 1. The van der Waals surface area contributed by atoms with Crippen LogP contribution in [0.5, 0.6) is 0 Å². The summed E-state index contributed by atoms with van der Waals surface area (Å²) in [6.45, 7) is 3.97. The zero-order chi connectivity index (χ0) is 18.0. The maximum Gasteiger partial charge on any atom is 0.244 e. The molecule has 134 valence electrons. The lowest BCUT2D eigenvalue weighted by Crippen LogP contribution is -2.43. The Hall–Kier alpha value is -1.84. The van der Waals surface area contributed by atoms with Crippen molar-refractivity contribution in [3.63, 3.8) is 0 Å². The predicted molar refractivity (Wildman–Crippen MR) is 97.9 cm³/mol. The van der Waals surface area contributed by atoms with Crippen molar-refractivity contribution in [1.82, 2.24) is 14.5 Å². The van der Waals surface area contributed by atoms with Crippen LogP contribution in [0.2, 0.25) is 0 Å². The minimum absolute atomic E-state index is 0.00685. The van der Waals surface area contributed by atoms with Gasteiger partial charge in [0.2, 0.25) is 21.1 Å². The molecule has 1 fully saturated rings. The lowest BCUT2D eigenvalue weighted by atomic mass is 10.1. The van der Waals surface area contributed by atoms with Crippen LogP contribution in [-0.2, 0) is 14.8 Å². The highest BCUT2D eigenvalue weighted by Crippen LogP contribution is 2.28. The Morgan fingerprint density at radius 1 is 1.40 bits per heavy atom. The van der Waals surface area contributed by atoms with Crippen LogP contribution in [0.3, 0.4) is 0 Å². The number of rotatable bonds is 5.